The Labute approximate surface area is 106 Å². The van der Waals surface area contributed by atoms with Crippen molar-refractivity contribution in [1.82, 2.24) is 14.9 Å². The Kier molecular flexibility index (Phi) is 2.52. The van der Waals surface area contributed by atoms with Crippen LogP contribution in [0.1, 0.15) is 16.1 Å². The first-order valence-corrected chi connectivity index (χ1v) is 5.44. The van der Waals surface area contributed by atoms with E-state index >= 15 is 0 Å². The van der Waals surface area contributed by atoms with Gasteiger partial charge in [0.05, 0.1) is 11.2 Å². The second kappa shape index (κ2) is 4.20. The van der Waals surface area contributed by atoms with E-state index < -0.39 is 5.97 Å². The van der Waals surface area contributed by atoms with Gasteiger partial charge in [-0.3, -0.25) is 0 Å². The van der Waals surface area contributed by atoms with E-state index in [-0.39, 0.29) is 17.1 Å². The van der Waals surface area contributed by atoms with Crippen LogP contribution in [0.5, 0.6) is 0 Å². The predicted octanol–water partition coefficient (Wildman–Crippen LogP) is 2.36. The third-order valence-electron chi connectivity index (χ3n) is 2.74. The Hall–Kier alpha value is -2.70. The molecule has 0 spiro atoms. The highest BCUT2D eigenvalue weighted by Crippen LogP contribution is 2.21. The zero-order chi connectivity index (χ0) is 13.4. The quantitative estimate of drug-likeness (QED) is 0.708. The standard InChI is InChI=1S/C12H8FN3O3/c1-7-10(12(17)18-13)11(19-15-7)16-6-8-4-2-3-5-9(8)14-16/h2-6H,1H3. The fourth-order valence-electron chi connectivity index (χ4n) is 1.86. The summed E-state index contributed by atoms with van der Waals surface area (Å²) in [5, 5.41) is 8.71. The van der Waals surface area contributed by atoms with Crippen LogP contribution in [0.3, 0.4) is 0 Å². The van der Waals surface area contributed by atoms with Crippen molar-refractivity contribution >= 4 is 16.9 Å². The van der Waals surface area contributed by atoms with Gasteiger partial charge in [-0.15, -0.1) is 0 Å². The van der Waals surface area contributed by atoms with Crippen LogP contribution in [-0.2, 0) is 4.94 Å². The molecule has 96 valence electrons. The maximum absolute atomic E-state index is 12.1. The average Bonchev–Trinajstić information content (AvgIpc) is 3.00. The Morgan fingerprint density at radius 1 is 1.42 bits per heavy atom. The first-order chi connectivity index (χ1) is 9.20. The van der Waals surface area contributed by atoms with E-state index in [1.54, 1.807) is 6.20 Å². The highest BCUT2D eigenvalue weighted by Gasteiger charge is 2.24. The van der Waals surface area contributed by atoms with Gasteiger partial charge in [0.15, 0.2) is 5.56 Å². The fourth-order valence-corrected chi connectivity index (χ4v) is 1.86. The lowest BCUT2D eigenvalue weighted by Crippen LogP contribution is -2.05. The van der Waals surface area contributed by atoms with Gasteiger partial charge in [0.25, 0.3) is 5.88 Å². The van der Waals surface area contributed by atoms with Crippen LogP contribution in [0.4, 0.5) is 4.53 Å². The number of aryl methyl sites for hydroxylation is 1. The van der Waals surface area contributed by atoms with Crippen LogP contribution in [0.2, 0.25) is 0 Å². The van der Waals surface area contributed by atoms with Crippen molar-refractivity contribution < 1.29 is 18.8 Å². The maximum atomic E-state index is 12.1. The predicted molar refractivity (Wildman–Crippen MR) is 62.4 cm³/mol. The molecule has 0 bridgehead atoms. The van der Waals surface area contributed by atoms with E-state index in [2.05, 4.69) is 15.2 Å². The van der Waals surface area contributed by atoms with Crippen LogP contribution in [0.25, 0.3) is 16.8 Å². The molecule has 7 heteroatoms. The van der Waals surface area contributed by atoms with Gasteiger partial charge in [0.1, 0.15) is 0 Å². The van der Waals surface area contributed by atoms with Crippen molar-refractivity contribution in [3.8, 4) is 5.88 Å². The number of carbonyl (C=O) groups excluding carboxylic acids is 1. The van der Waals surface area contributed by atoms with E-state index in [1.807, 2.05) is 24.3 Å². The monoisotopic (exact) mass is 261 g/mol. The number of aromatic nitrogens is 3. The number of hydrogen-bond acceptors (Lipinski definition) is 5. The molecule has 3 aromatic rings. The molecule has 2 aromatic heterocycles. The second-order valence-electron chi connectivity index (χ2n) is 3.95. The fraction of sp³-hybridized carbons (Fsp3) is 0.0833. The molecule has 0 atom stereocenters. The highest BCUT2D eigenvalue weighted by atomic mass is 19.3. The summed E-state index contributed by atoms with van der Waals surface area (Å²) in [4.78, 5) is 14.6. The zero-order valence-corrected chi connectivity index (χ0v) is 9.83. The third-order valence-corrected chi connectivity index (χ3v) is 2.74. The molecule has 2 heterocycles. The molecule has 0 N–H and O–H groups in total. The summed E-state index contributed by atoms with van der Waals surface area (Å²) in [5.41, 5.74) is 0.864. The van der Waals surface area contributed by atoms with Gasteiger partial charge >= 0.3 is 5.97 Å². The number of benzene rings is 1. The van der Waals surface area contributed by atoms with Gasteiger partial charge in [-0.2, -0.15) is 5.10 Å². The molecule has 0 fully saturated rings. The first-order valence-electron chi connectivity index (χ1n) is 5.44. The van der Waals surface area contributed by atoms with Gasteiger partial charge in [-0.1, -0.05) is 23.4 Å². The maximum Gasteiger partial charge on any atom is 0.387 e. The number of hydrogen-bond donors (Lipinski definition) is 0. The Balaban J connectivity index is 2.19. The second-order valence-corrected chi connectivity index (χ2v) is 3.95. The highest BCUT2D eigenvalue weighted by molar-refractivity contribution is 5.93. The molecule has 0 unspecified atom stereocenters. The normalized spacial score (nSPS) is 10.8. The van der Waals surface area contributed by atoms with Crippen molar-refractivity contribution in [1.29, 1.82) is 0 Å². The van der Waals surface area contributed by atoms with E-state index in [9.17, 15) is 9.32 Å². The van der Waals surface area contributed by atoms with Gasteiger partial charge in [0.2, 0.25) is 0 Å². The van der Waals surface area contributed by atoms with Crippen LogP contribution < -0.4 is 0 Å². The largest absolute Gasteiger partial charge is 0.387 e. The number of fused-ring (bicyclic) bond motifs is 1. The smallest absolute Gasteiger partial charge is 0.335 e. The van der Waals surface area contributed by atoms with Crippen molar-refractivity contribution in [2.75, 3.05) is 0 Å². The summed E-state index contributed by atoms with van der Waals surface area (Å²) in [6, 6.07) is 7.36. The molecule has 19 heavy (non-hydrogen) atoms. The van der Waals surface area contributed by atoms with E-state index in [4.69, 9.17) is 4.52 Å². The molecule has 1 aromatic carbocycles. The molecule has 0 radical (unpaired) electrons. The van der Waals surface area contributed by atoms with E-state index in [0.717, 1.165) is 10.9 Å². The number of halogens is 1. The van der Waals surface area contributed by atoms with E-state index in [0.29, 0.717) is 0 Å². The summed E-state index contributed by atoms with van der Waals surface area (Å²) in [7, 11) is 0. The molecule has 0 amide bonds. The molecule has 0 saturated heterocycles. The Morgan fingerprint density at radius 2 is 2.21 bits per heavy atom. The lowest BCUT2D eigenvalue weighted by atomic mass is 10.2. The summed E-state index contributed by atoms with van der Waals surface area (Å²) in [6.07, 6.45) is 1.66. The third kappa shape index (κ3) is 1.75. The van der Waals surface area contributed by atoms with E-state index in [1.165, 1.54) is 11.6 Å². The minimum absolute atomic E-state index is 0.0244. The van der Waals surface area contributed by atoms with Gasteiger partial charge in [-0.05, 0) is 13.0 Å². The van der Waals surface area contributed by atoms with Crippen molar-refractivity contribution in [2.45, 2.75) is 6.92 Å². The summed E-state index contributed by atoms with van der Waals surface area (Å²) < 4.78 is 18.4. The Bertz CT molecular complexity index is 730. The lowest BCUT2D eigenvalue weighted by Gasteiger charge is -1.96. The van der Waals surface area contributed by atoms with Crippen LogP contribution >= 0.6 is 0 Å². The molecule has 0 aliphatic heterocycles. The topological polar surface area (TPSA) is 70.2 Å². The average molecular weight is 261 g/mol. The number of nitrogens with zero attached hydrogens (tertiary/aromatic N) is 3. The van der Waals surface area contributed by atoms with Crippen molar-refractivity contribution in [2.24, 2.45) is 0 Å². The molecule has 3 rings (SSSR count). The van der Waals surface area contributed by atoms with Crippen molar-refractivity contribution in [3.05, 3.63) is 41.7 Å². The zero-order valence-electron chi connectivity index (χ0n) is 9.83. The van der Waals surface area contributed by atoms with Crippen LogP contribution in [0, 0.1) is 6.92 Å². The van der Waals surface area contributed by atoms with Gasteiger partial charge in [-0.25, -0.2) is 14.4 Å². The summed E-state index contributed by atoms with van der Waals surface area (Å²) >= 11 is 0. The minimum atomic E-state index is -1.16. The minimum Gasteiger partial charge on any atom is -0.335 e. The summed E-state index contributed by atoms with van der Waals surface area (Å²) in [6.45, 7) is 1.52. The Morgan fingerprint density at radius 3 is 2.95 bits per heavy atom. The van der Waals surface area contributed by atoms with Gasteiger partial charge in [0, 0.05) is 16.1 Å². The van der Waals surface area contributed by atoms with Crippen LogP contribution in [-0.4, -0.2) is 20.9 Å². The molecule has 6 nitrogen and oxygen atoms in total. The first kappa shape index (κ1) is 11.4. The molecule has 0 aliphatic carbocycles. The van der Waals surface area contributed by atoms with Gasteiger partial charge < -0.3 is 4.52 Å². The number of carbonyl (C=O) groups is 1. The SMILES string of the molecule is Cc1noc(-n2cc3ccccc3n2)c1C(=O)OF. The molecular weight excluding hydrogens is 253 g/mol. The number of rotatable bonds is 2. The van der Waals surface area contributed by atoms with Crippen LogP contribution in [0.15, 0.2) is 35.0 Å². The summed E-state index contributed by atoms with van der Waals surface area (Å²) in [5.74, 6) is -1.13. The lowest BCUT2D eigenvalue weighted by molar-refractivity contribution is -0.0789. The van der Waals surface area contributed by atoms with Crippen molar-refractivity contribution in [3.63, 3.8) is 0 Å². The molecule has 0 saturated carbocycles. The molecular formula is C12H8FN3O3. The molecule has 0 aliphatic rings.